The SMILES string of the molecule is CCc1ccc(N([C@@H](C)C(=O)NCCOc2cc(C)cc(C)c2)S(C)(=O)=O)cc1. The maximum Gasteiger partial charge on any atom is 0.243 e. The van der Waals surface area contributed by atoms with Crippen LogP contribution in [-0.2, 0) is 21.2 Å². The maximum absolute atomic E-state index is 12.6. The van der Waals surface area contributed by atoms with Crippen LogP contribution in [0.3, 0.4) is 0 Å². The molecule has 1 amide bonds. The third-order valence-corrected chi connectivity index (χ3v) is 5.79. The molecule has 1 atom stereocenters. The Bertz CT molecular complexity index is 920. The second-order valence-electron chi connectivity index (χ2n) is 7.22. The molecule has 0 saturated heterocycles. The summed E-state index contributed by atoms with van der Waals surface area (Å²) >= 11 is 0. The maximum atomic E-state index is 12.6. The minimum Gasteiger partial charge on any atom is -0.492 e. The highest BCUT2D eigenvalue weighted by Gasteiger charge is 2.28. The number of nitrogens with one attached hydrogen (secondary N) is 1. The second kappa shape index (κ2) is 9.78. The number of nitrogens with zero attached hydrogens (tertiary/aromatic N) is 1. The Morgan fingerprint density at radius 3 is 2.21 bits per heavy atom. The lowest BCUT2D eigenvalue weighted by Crippen LogP contribution is -2.48. The molecule has 0 radical (unpaired) electrons. The van der Waals surface area contributed by atoms with Gasteiger partial charge in [0.1, 0.15) is 18.4 Å². The molecule has 0 aliphatic rings. The molecule has 0 aliphatic heterocycles. The molecule has 1 N–H and O–H groups in total. The molecule has 2 rings (SSSR count). The van der Waals surface area contributed by atoms with E-state index in [1.54, 1.807) is 19.1 Å². The van der Waals surface area contributed by atoms with Crippen LogP contribution in [0.5, 0.6) is 5.75 Å². The summed E-state index contributed by atoms with van der Waals surface area (Å²) in [5.41, 5.74) is 3.78. The van der Waals surface area contributed by atoms with Crippen LogP contribution < -0.4 is 14.4 Å². The van der Waals surface area contributed by atoms with E-state index in [1.165, 1.54) is 0 Å². The lowest BCUT2D eigenvalue weighted by atomic mass is 10.1. The number of anilines is 1. The van der Waals surface area contributed by atoms with Gasteiger partial charge in [0.25, 0.3) is 0 Å². The van der Waals surface area contributed by atoms with E-state index in [4.69, 9.17) is 4.74 Å². The van der Waals surface area contributed by atoms with Gasteiger partial charge in [-0.05, 0) is 68.1 Å². The molecule has 0 aromatic heterocycles. The molecule has 0 unspecified atom stereocenters. The summed E-state index contributed by atoms with van der Waals surface area (Å²) in [5, 5.41) is 2.76. The molecular formula is C22H30N2O4S. The van der Waals surface area contributed by atoms with Gasteiger partial charge in [0.05, 0.1) is 18.5 Å². The largest absolute Gasteiger partial charge is 0.492 e. The fourth-order valence-corrected chi connectivity index (χ4v) is 4.37. The number of sulfonamides is 1. The van der Waals surface area contributed by atoms with Crippen LogP contribution in [0.4, 0.5) is 5.69 Å². The third-order valence-electron chi connectivity index (χ3n) is 4.55. The standard InChI is InChI=1S/C22H30N2O4S/c1-6-19-7-9-20(10-8-19)24(29(5,26)27)18(4)22(25)23-11-12-28-21-14-16(2)13-17(3)15-21/h7-10,13-15,18H,6,11-12H2,1-5H3,(H,23,25)/t18-/m0/s1. The summed E-state index contributed by atoms with van der Waals surface area (Å²) in [6, 6.07) is 12.2. The first kappa shape index (κ1) is 22.7. The van der Waals surface area contributed by atoms with E-state index in [9.17, 15) is 13.2 Å². The lowest BCUT2D eigenvalue weighted by Gasteiger charge is -2.28. The monoisotopic (exact) mass is 418 g/mol. The quantitative estimate of drug-likeness (QED) is 0.635. The van der Waals surface area contributed by atoms with Crippen molar-refractivity contribution in [1.82, 2.24) is 5.32 Å². The highest BCUT2D eigenvalue weighted by atomic mass is 32.2. The first-order valence-electron chi connectivity index (χ1n) is 9.69. The van der Waals surface area contributed by atoms with Crippen molar-refractivity contribution in [3.8, 4) is 5.75 Å². The summed E-state index contributed by atoms with van der Waals surface area (Å²) < 4.78 is 31.5. The van der Waals surface area contributed by atoms with Gasteiger partial charge in [0.15, 0.2) is 0 Å². The minimum absolute atomic E-state index is 0.280. The summed E-state index contributed by atoms with van der Waals surface area (Å²) in [6.07, 6.45) is 1.96. The predicted molar refractivity (Wildman–Crippen MR) is 117 cm³/mol. The van der Waals surface area contributed by atoms with Crippen molar-refractivity contribution >= 4 is 21.6 Å². The molecule has 7 heteroatoms. The Hall–Kier alpha value is -2.54. The van der Waals surface area contributed by atoms with E-state index < -0.39 is 16.1 Å². The Morgan fingerprint density at radius 2 is 1.69 bits per heavy atom. The first-order valence-corrected chi connectivity index (χ1v) is 11.5. The Morgan fingerprint density at radius 1 is 1.10 bits per heavy atom. The number of amides is 1. The van der Waals surface area contributed by atoms with Crippen LogP contribution in [0.25, 0.3) is 0 Å². The summed E-state index contributed by atoms with van der Waals surface area (Å²) in [6.45, 7) is 8.18. The van der Waals surface area contributed by atoms with Gasteiger partial charge in [-0.25, -0.2) is 8.42 Å². The number of carbonyl (C=O) groups excluding carboxylic acids is 1. The van der Waals surface area contributed by atoms with Gasteiger partial charge < -0.3 is 10.1 Å². The summed E-state index contributed by atoms with van der Waals surface area (Å²) in [7, 11) is -3.62. The zero-order valence-electron chi connectivity index (χ0n) is 17.7. The fourth-order valence-electron chi connectivity index (χ4n) is 3.19. The molecule has 0 spiro atoms. The number of rotatable bonds is 9. The van der Waals surface area contributed by atoms with Crippen LogP contribution in [-0.4, -0.2) is 39.8 Å². The third kappa shape index (κ3) is 6.49. The van der Waals surface area contributed by atoms with E-state index in [1.807, 2.05) is 45.0 Å². The van der Waals surface area contributed by atoms with Crippen molar-refractivity contribution in [3.05, 3.63) is 59.2 Å². The molecule has 0 aliphatic carbocycles. The molecule has 158 valence electrons. The average Bonchev–Trinajstić information content (AvgIpc) is 2.64. The van der Waals surface area contributed by atoms with Crippen LogP contribution in [0.1, 0.15) is 30.5 Å². The van der Waals surface area contributed by atoms with Gasteiger partial charge in [-0.3, -0.25) is 9.10 Å². The number of carbonyl (C=O) groups is 1. The van der Waals surface area contributed by atoms with Gasteiger partial charge in [-0.2, -0.15) is 0 Å². The molecule has 0 saturated carbocycles. The van der Waals surface area contributed by atoms with Gasteiger partial charge in [-0.1, -0.05) is 25.1 Å². The minimum atomic E-state index is -3.62. The van der Waals surface area contributed by atoms with Crippen LogP contribution in [0.15, 0.2) is 42.5 Å². The average molecular weight is 419 g/mol. The summed E-state index contributed by atoms with van der Waals surface area (Å²) in [5.74, 6) is 0.373. The summed E-state index contributed by atoms with van der Waals surface area (Å²) in [4.78, 5) is 12.6. The Kier molecular flexibility index (Phi) is 7.67. The highest BCUT2D eigenvalue weighted by Crippen LogP contribution is 2.22. The molecule has 29 heavy (non-hydrogen) atoms. The van der Waals surface area contributed by atoms with Crippen molar-refractivity contribution < 1.29 is 17.9 Å². The molecule has 2 aromatic rings. The molecule has 2 aromatic carbocycles. The van der Waals surface area contributed by atoms with E-state index in [2.05, 4.69) is 11.4 Å². The van der Waals surface area contributed by atoms with Crippen molar-refractivity contribution in [2.45, 2.75) is 40.2 Å². The van der Waals surface area contributed by atoms with Crippen LogP contribution >= 0.6 is 0 Å². The zero-order chi connectivity index (χ0) is 21.6. The van der Waals surface area contributed by atoms with Crippen molar-refractivity contribution in [3.63, 3.8) is 0 Å². The van der Waals surface area contributed by atoms with Crippen molar-refractivity contribution in [1.29, 1.82) is 0 Å². The van der Waals surface area contributed by atoms with Gasteiger partial charge >= 0.3 is 0 Å². The molecule has 0 fully saturated rings. The molecule has 0 heterocycles. The van der Waals surface area contributed by atoms with E-state index in [0.717, 1.165) is 39.4 Å². The predicted octanol–water partition coefficient (Wildman–Crippen LogP) is 3.22. The molecular weight excluding hydrogens is 388 g/mol. The zero-order valence-corrected chi connectivity index (χ0v) is 18.5. The van der Waals surface area contributed by atoms with Crippen molar-refractivity contribution in [2.75, 3.05) is 23.7 Å². The highest BCUT2D eigenvalue weighted by molar-refractivity contribution is 7.92. The lowest BCUT2D eigenvalue weighted by molar-refractivity contribution is -0.121. The number of ether oxygens (including phenoxy) is 1. The number of hydrogen-bond acceptors (Lipinski definition) is 4. The fraction of sp³-hybridized carbons (Fsp3) is 0.409. The number of benzene rings is 2. The van der Waals surface area contributed by atoms with E-state index in [-0.39, 0.29) is 12.5 Å². The van der Waals surface area contributed by atoms with E-state index >= 15 is 0 Å². The Labute approximate surface area is 173 Å². The number of aryl methyl sites for hydroxylation is 3. The number of hydrogen-bond donors (Lipinski definition) is 1. The molecule has 6 nitrogen and oxygen atoms in total. The normalized spacial score (nSPS) is 12.3. The van der Waals surface area contributed by atoms with Gasteiger partial charge in [0, 0.05) is 0 Å². The van der Waals surface area contributed by atoms with Gasteiger partial charge in [0.2, 0.25) is 15.9 Å². The van der Waals surface area contributed by atoms with Crippen molar-refractivity contribution in [2.24, 2.45) is 0 Å². The topological polar surface area (TPSA) is 75.7 Å². The first-order chi connectivity index (χ1) is 13.6. The van der Waals surface area contributed by atoms with Crippen LogP contribution in [0.2, 0.25) is 0 Å². The smallest absolute Gasteiger partial charge is 0.243 e. The van der Waals surface area contributed by atoms with Gasteiger partial charge in [-0.15, -0.1) is 0 Å². The molecule has 0 bridgehead atoms. The second-order valence-corrected chi connectivity index (χ2v) is 9.08. The van der Waals surface area contributed by atoms with E-state index in [0.29, 0.717) is 12.3 Å². The Balaban J connectivity index is 1.99. The van der Waals surface area contributed by atoms with Crippen LogP contribution in [0, 0.1) is 13.8 Å².